The number of aliphatic hydroxyl groups excluding tert-OH is 12. The lowest BCUT2D eigenvalue weighted by Gasteiger charge is -2.57. The Morgan fingerprint density at radius 3 is 0.850 bits per heavy atom. The predicted molar refractivity (Wildman–Crippen MR) is 372 cm³/mol. The number of carbonyl (C=O) groups excluding carboxylic acids is 11. The second-order valence-electron chi connectivity index (χ2n) is 27.0. The molecule has 3 aliphatic rings. The van der Waals surface area contributed by atoms with Crippen LogP contribution in [-0.4, -0.2) is 330 Å². The van der Waals surface area contributed by atoms with Gasteiger partial charge in [-0.15, -0.1) is 0 Å². The summed E-state index contributed by atoms with van der Waals surface area (Å²) in [5.74, 6) is -8.15. The molecule has 0 bridgehead atoms. The van der Waals surface area contributed by atoms with Gasteiger partial charge in [-0.25, -0.2) is 0 Å². The summed E-state index contributed by atoms with van der Waals surface area (Å²) in [6, 6.07) is 0. The molecule has 0 aromatic rings. The van der Waals surface area contributed by atoms with E-state index in [0.29, 0.717) is 57.8 Å². The minimum Gasteiger partial charge on any atom is -0.396 e. The number of unbranched alkanes of at least 4 members (excludes halogenated alkanes) is 3. The first-order valence-electron chi connectivity index (χ1n) is 36.4. The van der Waals surface area contributed by atoms with E-state index in [0.717, 1.165) is 20.8 Å². The molecule has 6 unspecified atom stereocenters. The Labute approximate surface area is 621 Å². The third-order valence-electron chi connectivity index (χ3n) is 18.8. The van der Waals surface area contributed by atoms with Crippen LogP contribution in [0.15, 0.2) is 0 Å². The lowest BCUT2D eigenvalue weighted by atomic mass is 9.61. The lowest BCUT2D eigenvalue weighted by Crippen LogP contribution is -2.82. The van der Waals surface area contributed by atoms with E-state index in [1.807, 2.05) is 0 Å². The number of ether oxygens (including phenoxy) is 6. The van der Waals surface area contributed by atoms with E-state index in [1.165, 1.54) is 7.05 Å². The zero-order valence-corrected chi connectivity index (χ0v) is 61.7. The molecule has 0 aromatic heterocycles. The van der Waals surface area contributed by atoms with Gasteiger partial charge in [0.25, 0.3) is 0 Å². The van der Waals surface area contributed by atoms with Crippen molar-refractivity contribution in [3.05, 3.63) is 0 Å². The zero-order chi connectivity index (χ0) is 79.8. The maximum absolute atomic E-state index is 13.6. The molecular formula is C67H119N11O29. The van der Waals surface area contributed by atoms with E-state index < -0.39 is 157 Å². The second-order valence-corrected chi connectivity index (χ2v) is 27.0. The molecule has 11 amide bonds. The van der Waals surface area contributed by atoms with Crippen LogP contribution in [0.2, 0.25) is 0 Å². The van der Waals surface area contributed by atoms with Gasteiger partial charge in [0, 0.05) is 156 Å². The molecule has 3 fully saturated rings. The van der Waals surface area contributed by atoms with Gasteiger partial charge in [-0.3, -0.25) is 52.7 Å². The van der Waals surface area contributed by atoms with Gasteiger partial charge in [0.15, 0.2) is 18.9 Å². The molecule has 0 spiro atoms. The standard InChI is InChI=1S/C67H119N11O29/c1-41(82)75-65(44(35-79)55(93)58(65)96)61(99)105-29-8-5-15-48(86)69-23-12-26-72-51(89)20-32-102-38-64(78-54(92)19-11-18-47(85)68-4,39-103-33-21-52(90)73-27-13-24-70-49(87)16-6-9-30-106-62(100)66(76-42(2)83)45(36-80)56(94)59(66)97)40-104-34-22-53(91)74-28-14-25-71-50(88)17-7-10-31-107-63(101)67(77-43(3)84)46(37-81)57(95)60(67)98/h44-46,55-63,79-81,93-101H,5-40H2,1-4H3,(H,68,85)(H,69,86)(H,70,87)(H,71,88)(H,72,89)(H,73,90)(H,74,91)(H,75,82)(H,76,83)(H,77,84)(H,78,92)/t44?,45?,46?,55-,56-,57-,58?,59?,60?,61-,62-,63-,64?,65-,66-,67-/m0/s1. The summed E-state index contributed by atoms with van der Waals surface area (Å²) in [4.78, 5) is 137. The first kappa shape index (κ1) is 94.7. The van der Waals surface area contributed by atoms with E-state index in [4.69, 9.17) is 28.4 Å². The lowest BCUT2D eigenvalue weighted by molar-refractivity contribution is -0.281. The molecule has 3 saturated carbocycles. The van der Waals surface area contributed by atoms with Crippen LogP contribution in [0.5, 0.6) is 0 Å². The van der Waals surface area contributed by atoms with Crippen LogP contribution in [0.25, 0.3) is 0 Å². The minimum atomic E-state index is -1.82. The molecule has 616 valence electrons. The van der Waals surface area contributed by atoms with Gasteiger partial charge >= 0.3 is 0 Å². The molecule has 0 heterocycles. The van der Waals surface area contributed by atoms with Gasteiger partial charge in [-0.05, 0) is 64.2 Å². The largest absolute Gasteiger partial charge is 0.396 e. The summed E-state index contributed by atoms with van der Waals surface area (Å²) < 4.78 is 34.2. The average Bonchev–Trinajstić information content (AvgIpc) is 0.734. The molecule has 0 radical (unpaired) electrons. The molecule has 15 atom stereocenters. The number of amides is 11. The summed E-state index contributed by atoms with van der Waals surface area (Å²) >= 11 is 0. The van der Waals surface area contributed by atoms with Crippen LogP contribution in [0.3, 0.4) is 0 Å². The Hall–Kier alpha value is -6.55. The van der Waals surface area contributed by atoms with Crippen molar-refractivity contribution in [2.45, 2.75) is 214 Å². The van der Waals surface area contributed by atoms with Crippen LogP contribution < -0.4 is 58.5 Å². The third-order valence-corrected chi connectivity index (χ3v) is 18.8. The van der Waals surface area contributed by atoms with Crippen LogP contribution in [0, 0.1) is 17.8 Å². The van der Waals surface area contributed by atoms with E-state index >= 15 is 0 Å². The molecule has 3 rings (SSSR count). The summed E-state index contributed by atoms with van der Waals surface area (Å²) in [5.41, 5.74) is -6.97. The van der Waals surface area contributed by atoms with Gasteiger partial charge in [-0.1, -0.05) is 0 Å². The van der Waals surface area contributed by atoms with Gasteiger partial charge < -0.3 is 148 Å². The topological polar surface area (TPSA) is 618 Å². The fourth-order valence-corrected chi connectivity index (χ4v) is 12.8. The third kappa shape index (κ3) is 30.0. The Balaban J connectivity index is 1.50. The number of hydrogen-bond acceptors (Lipinski definition) is 29. The average molecular weight is 1540 g/mol. The Morgan fingerprint density at radius 2 is 0.598 bits per heavy atom. The number of carbonyl (C=O) groups is 11. The molecule has 23 N–H and O–H groups in total. The highest BCUT2D eigenvalue weighted by atomic mass is 16.6. The van der Waals surface area contributed by atoms with E-state index in [9.17, 15) is 114 Å². The molecule has 0 aromatic carbocycles. The maximum Gasteiger partial charge on any atom is 0.222 e. The fraction of sp³-hybridized carbons (Fsp3) is 0.836. The summed E-state index contributed by atoms with van der Waals surface area (Å²) in [6.45, 7) is 0.898. The monoisotopic (exact) mass is 1540 g/mol. The summed E-state index contributed by atoms with van der Waals surface area (Å²) in [7, 11) is 1.45. The summed E-state index contributed by atoms with van der Waals surface area (Å²) in [5, 5.41) is 151. The van der Waals surface area contributed by atoms with Gasteiger partial charge in [0.1, 0.15) is 40.5 Å². The Morgan fingerprint density at radius 1 is 0.346 bits per heavy atom. The molecule has 107 heavy (non-hydrogen) atoms. The highest BCUT2D eigenvalue weighted by molar-refractivity contribution is 5.80. The van der Waals surface area contributed by atoms with Crippen molar-refractivity contribution in [1.29, 1.82) is 0 Å². The van der Waals surface area contributed by atoms with Crippen molar-refractivity contribution >= 4 is 65.0 Å². The Kier molecular flexibility index (Phi) is 43.8. The van der Waals surface area contributed by atoms with Crippen molar-refractivity contribution in [2.75, 3.05) is 126 Å². The van der Waals surface area contributed by atoms with Crippen molar-refractivity contribution < 1.29 is 142 Å². The molecule has 0 saturated heterocycles. The smallest absolute Gasteiger partial charge is 0.222 e. The SMILES string of the molecule is CNC(=O)CCCC(=O)NC(COCCC(=O)NCCCNC(=O)CCCCO[C@H](O)[C@@]1(NC(C)=O)C(O)[C@@H](O)C1CO)(COCCC(=O)NCCCNC(=O)CCCCO[C@H](O)[C@@]1(NC(C)=O)C(O)[C@@H](O)C1CO)COCCC(=O)NCCCNC(=O)CCCCO[C@H](O)[C@@]1(NC(C)=O)C(O)[C@@H](O)C1CO. The molecule has 3 aliphatic carbocycles. The van der Waals surface area contributed by atoms with Gasteiger partial charge in [0.05, 0.1) is 77.8 Å². The molecular weight excluding hydrogens is 1420 g/mol. The highest BCUT2D eigenvalue weighted by Gasteiger charge is 2.68. The molecule has 0 aliphatic heterocycles. The first-order chi connectivity index (χ1) is 50.9. The van der Waals surface area contributed by atoms with E-state index in [-0.39, 0.29) is 180 Å². The highest BCUT2D eigenvalue weighted by Crippen LogP contribution is 2.44. The van der Waals surface area contributed by atoms with E-state index in [2.05, 4.69) is 58.5 Å². The van der Waals surface area contributed by atoms with Crippen LogP contribution >= 0.6 is 0 Å². The minimum absolute atomic E-state index is 0.0252. The van der Waals surface area contributed by atoms with Crippen LogP contribution in [0.1, 0.15) is 136 Å². The van der Waals surface area contributed by atoms with Crippen LogP contribution in [-0.2, 0) is 81.2 Å². The Bertz CT molecular complexity index is 2510. The van der Waals surface area contributed by atoms with E-state index in [1.54, 1.807) is 0 Å². The zero-order valence-electron chi connectivity index (χ0n) is 61.7. The number of nitrogens with one attached hydrogen (secondary N) is 11. The van der Waals surface area contributed by atoms with Crippen LogP contribution in [0.4, 0.5) is 0 Å². The van der Waals surface area contributed by atoms with Gasteiger partial charge in [0.2, 0.25) is 65.0 Å². The van der Waals surface area contributed by atoms with Crippen molar-refractivity contribution in [3.63, 3.8) is 0 Å². The quantitative estimate of drug-likeness (QED) is 0.0199. The van der Waals surface area contributed by atoms with Crippen molar-refractivity contribution in [3.8, 4) is 0 Å². The fourth-order valence-electron chi connectivity index (χ4n) is 12.8. The maximum atomic E-state index is 13.6. The van der Waals surface area contributed by atoms with Crippen molar-refractivity contribution in [2.24, 2.45) is 17.8 Å². The molecule has 40 heteroatoms. The van der Waals surface area contributed by atoms with Gasteiger partial charge in [-0.2, -0.15) is 0 Å². The number of rotatable bonds is 59. The predicted octanol–water partition coefficient (Wildman–Crippen LogP) is -8.98. The summed E-state index contributed by atoms with van der Waals surface area (Å²) in [6.07, 6.45) is -11.6. The number of hydrogen-bond donors (Lipinski definition) is 23. The number of aliphatic hydroxyl groups is 12. The first-order valence-corrected chi connectivity index (χ1v) is 36.4. The normalized spacial score (nSPS) is 24.9. The van der Waals surface area contributed by atoms with Crippen molar-refractivity contribution in [1.82, 2.24) is 58.5 Å². The second kappa shape index (κ2) is 49.6. The molecule has 40 nitrogen and oxygen atoms in total.